The molecule has 4 rings (SSSR count). The minimum absolute atomic E-state index is 0.225. The minimum Gasteiger partial charge on any atom is -0.307 e. The van der Waals surface area contributed by atoms with Crippen LogP contribution in [0.25, 0.3) is 11.8 Å². The summed E-state index contributed by atoms with van der Waals surface area (Å²) in [7, 11) is 0. The fraction of sp³-hybridized carbons (Fsp3) is 0.100. The van der Waals surface area contributed by atoms with E-state index in [2.05, 4.69) is 10.4 Å². The Kier molecular flexibility index (Phi) is 4.58. The first kappa shape index (κ1) is 16.6. The van der Waals surface area contributed by atoms with E-state index in [0.29, 0.717) is 11.5 Å². The lowest BCUT2D eigenvalue weighted by Gasteiger charge is -2.09. The van der Waals surface area contributed by atoms with E-state index in [9.17, 15) is 9.18 Å². The standard InChI is InChI=1S/C20H16FN3OS/c21-15-7-9-16(10-8-15)24-20(17-12-26-13-18(17)23-24)22-19(25)11-6-14-4-2-1-3-5-14/h1-11H,12-13H2,(H,22,25). The van der Waals surface area contributed by atoms with Crippen LogP contribution in [0.3, 0.4) is 0 Å². The predicted molar refractivity (Wildman–Crippen MR) is 103 cm³/mol. The van der Waals surface area contributed by atoms with E-state index >= 15 is 0 Å². The maximum absolute atomic E-state index is 13.2. The monoisotopic (exact) mass is 365 g/mol. The molecule has 0 saturated heterocycles. The Labute approximate surface area is 154 Å². The van der Waals surface area contributed by atoms with Crippen molar-refractivity contribution in [3.05, 3.63) is 83.3 Å². The van der Waals surface area contributed by atoms with Crippen molar-refractivity contribution in [3.63, 3.8) is 0 Å². The van der Waals surface area contributed by atoms with Gasteiger partial charge in [0, 0.05) is 23.1 Å². The van der Waals surface area contributed by atoms with Crippen LogP contribution in [-0.4, -0.2) is 15.7 Å². The molecule has 0 saturated carbocycles. The van der Waals surface area contributed by atoms with E-state index in [4.69, 9.17) is 0 Å². The predicted octanol–water partition coefficient (Wildman–Crippen LogP) is 4.41. The van der Waals surface area contributed by atoms with Gasteiger partial charge in [-0.25, -0.2) is 9.07 Å². The Morgan fingerprint density at radius 2 is 1.88 bits per heavy atom. The highest BCUT2D eigenvalue weighted by molar-refractivity contribution is 7.98. The summed E-state index contributed by atoms with van der Waals surface area (Å²) in [6.45, 7) is 0. The average Bonchev–Trinajstić information content (AvgIpc) is 3.24. The Morgan fingerprint density at radius 3 is 2.65 bits per heavy atom. The Hall–Kier alpha value is -2.86. The lowest BCUT2D eigenvalue weighted by atomic mass is 10.2. The van der Waals surface area contributed by atoms with Gasteiger partial charge in [-0.2, -0.15) is 16.9 Å². The summed E-state index contributed by atoms with van der Waals surface area (Å²) in [6, 6.07) is 15.7. The Balaban J connectivity index is 1.62. The molecule has 0 unspecified atom stereocenters. The third-order valence-corrected chi connectivity index (χ3v) is 5.06. The van der Waals surface area contributed by atoms with E-state index in [1.54, 1.807) is 34.7 Å². The first-order valence-electron chi connectivity index (χ1n) is 8.19. The van der Waals surface area contributed by atoms with Gasteiger partial charge in [0.05, 0.1) is 11.4 Å². The normalized spacial score (nSPS) is 13.1. The molecule has 2 aromatic carbocycles. The summed E-state index contributed by atoms with van der Waals surface area (Å²) in [6.07, 6.45) is 3.27. The fourth-order valence-corrected chi connectivity index (χ4v) is 3.84. The molecule has 0 atom stereocenters. The molecule has 0 spiro atoms. The largest absolute Gasteiger partial charge is 0.307 e. The zero-order chi connectivity index (χ0) is 17.9. The number of carbonyl (C=O) groups is 1. The third-order valence-electron chi connectivity index (χ3n) is 4.09. The molecule has 3 aromatic rings. The van der Waals surface area contributed by atoms with Crippen molar-refractivity contribution in [2.75, 3.05) is 5.32 Å². The molecule has 6 heteroatoms. The summed E-state index contributed by atoms with van der Waals surface area (Å²) >= 11 is 1.76. The fourth-order valence-electron chi connectivity index (χ4n) is 2.80. The molecule has 1 N–H and O–H groups in total. The van der Waals surface area contributed by atoms with Gasteiger partial charge in [0.25, 0.3) is 0 Å². The molecule has 1 aliphatic rings. The Bertz CT molecular complexity index is 965. The molecule has 0 radical (unpaired) electrons. The van der Waals surface area contributed by atoms with Crippen molar-refractivity contribution in [2.24, 2.45) is 0 Å². The molecule has 2 heterocycles. The highest BCUT2D eigenvalue weighted by Crippen LogP contribution is 2.36. The van der Waals surface area contributed by atoms with Crippen LogP contribution >= 0.6 is 11.8 Å². The molecule has 0 fully saturated rings. The van der Waals surface area contributed by atoms with Gasteiger partial charge in [0.2, 0.25) is 5.91 Å². The highest BCUT2D eigenvalue weighted by Gasteiger charge is 2.24. The van der Waals surface area contributed by atoms with Crippen molar-refractivity contribution in [1.82, 2.24) is 9.78 Å². The zero-order valence-electron chi connectivity index (χ0n) is 13.9. The van der Waals surface area contributed by atoms with E-state index in [1.807, 2.05) is 30.3 Å². The molecule has 1 aromatic heterocycles. The number of halogens is 1. The van der Waals surface area contributed by atoms with Crippen LogP contribution in [0, 0.1) is 5.82 Å². The molecule has 26 heavy (non-hydrogen) atoms. The number of aromatic nitrogens is 2. The summed E-state index contributed by atoms with van der Waals surface area (Å²) in [4.78, 5) is 12.4. The molecule has 4 nitrogen and oxygen atoms in total. The second kappa shape index (κ2) is 7.17. The van der Waals surface area contributed by atoms with Crippen molar-refractivity contribution in [1.29, 1.82) is 0 Å². The summed E-state index contributed by atoms with van der Waals surface area (Å²) in [5.41, 5.74) is 3.66. The number of nitrogens with one attached hydrogen (secondary N) is 1. The highest BCUT2D eigenvalue weighted by atomic mass is 32.2. The van der Waals surface area contributed by atoms with Crippen LogP contribution in [-0.2, 0) is 16.3 Å². The molecular formula is C20H16FN3OS. The number of thioether (sulfide) groups is 1. The molecule has 130 valence electrons. The number of hydrogen-bond donors (Lipinski definition) is 1. The van der Waals surface area contributed by atoms with Crippen molar-refractivity contribution >= 4 is 29.6 Å². The number of fused-ring (bicyclic) bond motifs is 1. The van der Waals surface area contributed by atoms with Crippen LogP contribution in [0.1, 0.15) is 16.8 Å². The maximum atomic E-state index is 13.2. The van der Waals surface area contributed by atoms with E-state index in [-0.39, 0.29) is 11.7 Å². The first-order valence-corrected chi connectivity index (χ1v) is 9.35. The summed E-state index contributed by atoms with van der Waals surface area (Å²) in [5.74, 6) is 1.73. The van der Waals surface area contributed by atoms with Gasteiger partial charge in [0.1, 0.15) is 11.6 Å². The number of nitrogens with zero attached hydrogens (tertiary/aromatic N) is 2. The van der Waals surface area contributed by atoms with E-state index < -0.39 is 0 Å². The second-order valence-electron chi connectivity index (χ2n) is 5.89. The SMILES string of the molecule is O=C(C=Cc1ccccc1)Nc1c2c(nn1-c1ccc(F)cc1)CSC2. The average molecular weight is 365 g/mol. The number of amides is 1. The number of benzene rings is 2. The van der Waals surface area contributed by atoms with Crippen molar-refractivity contribution < 1.29 is 9.18 Å². The van der Waals surface area contributed by atoms with Crippen LogP contribution in [0.15, 0.2) is 60.7 Å². The molecule has 1 amide bonds. The quantitative estimate of drug-likeness (QED) is 0.697. The molecule has 0 aliphatic carbocycles. The van der Waals surface area contributed by atoms with Crippen LogP contribution in [0.4, 0.5) is 10.2 Å². The minimum atomic E-state index is -0.305. The van der Waals surface area contributed by atoms with Crippen LogP contribution in [0.5, 0.6) is 0 Å². The van der Waals surface area contributed by atoms with E-state index in [0.717, 1.165) is 28.3 Å². The maximum Gasteiger partial charge on any atom is 0.249 e. The lowest BCUT2D eigenvalue weighted by Crippen LogP contribution is -2.13. The molecular weight excluding hydrogens is 349 g/mol. The second-order valence-corrected chi connectivity index (χ2v) is 6.87. The first-order chi connectivity index (χ1) is 12.7. The number of anilines is 1. The zero-order valence-corrected chi connectivity index (χ0v) is 14.7. The smallest absolute Gasteiger partial charge is 0.249 e. The van der Waals surface area contributed by atoms with Gasteiger partial charge in [-0.15, -0.1) is 0 Å². The number of carbonyl (C=O) groups excluding carboxylic acids is 1. The molecule has 0 bridgehead atoms. The Morgan fingerprint density at radius 1 is 1.12 bits per heavy atom. The van der Waals surface area contributed by atoms with Gasteiger partial charge >= 0.3 is 0 Å². The van der Waals surface area contributed by atoms with Gasteiger partial charge in [-0.3, -0.25) is 4.79 Å². The van der Waals surface area contributed by atoms with E-state index in [1.165, 1.54) is 18.2 Å². The topological polar surface area (TPSA) is 46.9 Å². The third kappa shape index (κ3) is 3.41. The summed E-state index contributed by atoms with van der Waals surface area (Å²) < 4.78 is 14.9. The molecule has 1 aliphatic heterocycles. The summed E-state index contributed by atoms with van der Waals surface area (Å²) in [5, 5.41) is 7.54. The van der Waals surface area contributed by atoms with Gasteiger partial charge in [0.15, 0.2) is 0 Å². The number of rotatable bonds is 4. The van der Waals surface area contributed by atoms with Gasteiger partial charge in [-0.1, -0.05) is 30.3 Å². The van der Waals surface area contributed by atoms with Crippen LogP contribution in [0.2, 0.25) is 0 Å². The van der Waals surface area contributed by atoms with Crippen molar-refractivity contribution in [2.45, 2.75) is 11.5 Å². The van der Waals surface area contributed by atoms with Crippen LogP contribution < -0.4 is 5.32 Å². The lowest BCUT2D eigenvalue weighted by molar-refractivity contribution is -0.111. The van der Waals surface area contributed by atoms with Gasteiger partial charge in [-0.05, 0) is 35.9 Å². The number of hydrogen-bond acceptors (Lipinski definition) is 3. The van der Waals surface area contributed by atoms with Gasteiger partial charge < -0.3 is 5.32 Å². The van der Waals surface area contributed by atoms with Crippen molar-refractivity contribution in [3.8, 4) is 5.69 Å².